The van der Waals surface area contributed by atoms with Gasteiger partial charge in [0.2, 0.25) is 0 Å². The summed E-state index contributed by atoms with van der Waals surface area (Å²) in [5.74, 6) is 0. The van der Waals surface area contributed by atoms with E-state index in [2.05, 4.69) is 252 Å². The van der Waals surface area contributed by atoms with Crippen LogP contribution in [0.25, 0.3) is 92.2 Å². The van der Waals surface area contributed by atoms with Crippen LogP contribution in [0.1, 0.15) is 0 Å². The normalized spacial score (nSPS) is 11.5. The molecule has 2 heterocycles. The first-order valence-corrected chi connectivity index (χ1v) is 22.3. The summed E-state index contributed by atoms with van der Waals surface area (Å²) >= 11 is 1.86. The molecular weight excluding hydrogens is 781 g/mol. The Hall–Kier alpha value is -7.98. The molecule has 0 saturated carbocycles. The zero-order valence-electron chi connectivity index (χ0n) is 34.4. The zero-order valence-corrected chi connectivity index (χ0v) is 35.2. The Bertz CT molecular complexity index is 3590. The Kier molecular flexibility index (Phi) is 9.06. The van der Waals surface area contributed by atoms with Crippen LogP contribution in [0.5, 0.6) is 0 Å². The number of nitrogens with zero attached hydrogens (tertiary/aromatic N) is 2. The first-order valence-electron chi connectivity index (χ1n) is 21.5. The van der Waals surface area contributed by atoms with Crippen LogP contribution in [0.3, 0.4) is 0 Å². The van der Waals surface area contributed by atoms with Crippen molar-refractivity contribution in [2.45, 2.75) is 0 Å². The SMILES string of the molecule is c1ccc(-c2ccc(N(c3ccc4sc5ccccc5c4c3)c3cccc4c3c3cc(-c5ccccc5)cc(-c5ccccc5)c3n4-c3ccccc3)c(-c3ccccc3)c2)cc1. The lowest BCUT2D eigenvalue weighted by molar-refractivity contribution is 1.18. The molecule has 2 aromatic heterocycles. The predicted molar refractivity (Wildman–Crippen MR) is 270 cm³/mol. The summed E-state index contributed by atoms with van der Waals surface area (Å²) in [6, 6.07) is 88.6. The van der Waals surface area contributed by atoms with Crippen LogP contribution in [-0.4, -0.2) is 4.57 Å². The topological polar surface area (TPSA) is 8.17 Å². The van der Waals surface area contributed by atoms with Crippen molar-refractivity contribution >= 4 is 70.4 Å². The molecule has 3 heteroatoms. The third-order valence-corrected chi connectivity index (χ3v) is 13.5. The quantitative estimate of drug-likeness (QED) is 0.148. The Labute approximate surface area is 370 Å². The Morgan fingerprint density at radius 1 is 0.333 bits per heavy atom. The maximum atomic E-state index is 2.53. The van der Waals surface area contributed by atoms with E-state index < -0.39 is 0 Å². The van der Waals surface area contributed by atoms with E-state index in [-0.39, 0.29) is 0 Å². The van der Waals surface area contributed by atoms with Gasteiger partial charge in [-0.05, 0) is 106 Å². The number of anilines is 3. The number of fused-ring (bicyclic) bond motifs is 6. The second-order valence-electron chi connectivity index (χ2n) is 16.1. The largest absolute Gasteiger partial charge is 0.309 e. The molecule has 0 fully saturated rings. The molecule has 0 radical (unpaired) electrons. The predicted octanol–water partition coefficient (Wildman–Crippen LogP) is 17.3. The van der Waals surface area contributed by atoms with Crippen LogP contribution in [-0.2, 0) is 0 Å². The lowest BCUT2D eigenvalue weighted by Crippen LogP contribution is -2.12. The van der Waals surface area contributed by atoms with Gasteiger partial charge in [-0.1, -0.05) is 170 Å². The lowest BCUT2D eigenvalue weighted by Gasteiger charge is -2.29. The standard InChI is InChI=1S/C60H40N2S/c1-6-19-41(20-7-1)45-33-35-54(50(37-45)43-23-10-3-11-24-43)61(48-34-36-58-52(40-48)49-29-16-17-32-57(49)63-58)55-30-18-31-56-59(55)53-39-46(42-21-8-2-9-22-42)38-51(44-25-12-4-13-26-44)60(53)62(56)47-27-14-5-15-28-47/h1-40H. The summed E-state index contributed by atoms with van der Waals surface area (Å²) in [6.07, 6.45) is 0. The van der Waals surface area contributed by atoms with Gasteiger partial charge < -0.3 is 9.47 Å². The third-order valence-electron chi connectivity index (χ3n) is 12.4. The van der Waals surface area contributed by atoms with Gasteiger partial charge >= 0.3 is 0 Å². The summed E-state index contributed by atoms with van der Waals surface area (Å²) in [6.45, 7) is 0. The van der Waals surface area contributed by atoms with Crippen LogP contribution in [0.15, 0.2) is 243 Å². The molecule has 0 atom stereocenters. The van der Waals surface area contributed by atoms with Crippen molar-refractivity contribution in [2.75, 3.05) is 4.90 Å². The number of hydrogen-bond acceptors (Lipinski definition) is 2. The zero-order chi connectivity index (χ0) is 41.7. The molecule has 0 aliphatic carbocycles. The number of aromatic nitrogens is 1. The average Bonchev–Trinajstić information content (AvgIpc) is 3.91. The molecule has 0 spiro atoms. The van der Waals surface area contributed by atoms with E-state index in [0.29, 0.717) is 0 Å². The van der Waals surface area contributed by atoms with Crippen molar-refractivity contribution in [2.24, 2.45) is 0 Å². The van der Waals surface area contributed by atoms with E-state index in [0.717, 1.165) is 39.4 Å². The van der Waals surface area contributed by atoms with Crippen molar-refractivity contribution in [1.29, 1.82) is 0 Å². The van der Waals surface area contributed by atoms with E-state index in [4.69, 9.17) is 0 Å². The van der Waals surface area contributed by atoms with Crippen molar-refractivity contribution in [1.82, 2.24) is 4.57 Å². The fourth-order valence-electron chi connectivity index (χ4n) is 9.49. The van der Waals surface area contributed by atoms with Crippen LogP contribution in [0.4, 0.5) is 17.1 Å². The van der Waals surface area contributed by atoms with E-state index >= 15 is 0 Å². The number of para-hydroxylation sites is 1. The first kappa shape index (κ1) is 36.8. The molecule has 63 heavy (non-hydrogen) atoms. The second-order valence-corrected chi connectivity index (χ2v) is 17.2. The molecule has 0 amide bonds. The third kappa shape index (κ3) is 6.41. The molecule has 0 bridgehead atoms. The first-order chi connectivity index (χ1) is 31.3. The average molecular weight is 821 g/mol. The summed E-state index contributed by atoms with van der Waals surface area (Å²) in [5, 5.41) is 4.92. The highest BCUT2D eigenvalue weighted by atomic mass is 32.1. The smallest absolute Gasteiger partial charge is 0.0620 e. The molecule has 0 unspecified atom stereocenters. The second kappa shape index (κ2) is 15.5. The van der Waals surface area contributed by atoms with Gasteiger partial charge in [0.15, 0.2) is 0 Å². The minimum atomic E-state index is 1.10. The lowest BCUT2D eigenvalue weighted by atomic mass is 9.94. The van der Waals surface area contributed by atoms with Crippen LogP contribution in [0.2, 0.25) is 0 Å². The van der Waals surface area contributed by atoms with Crippen LogP contribution in [0, 0.1) is 0 Å². The summed E-state index contributed by atoms with van der Waals surface area (Å²) in [5.41, 5.74) is 16.2. The van der Waals surface area contributed by atoms with Crippen molar-refractivity contribution in [3.05, 3.63) is 243 Å². The van der Waals surface area contributed by atoms with Gasteiger partial charge in [-0.15, -0.1) is 11.3 Å². The Morgan fingerprint density at radius 2 is 0.905 bits per heavy atom. The molecule has 10 aromatic carbocycles. The number of thiophene rings is 1. The monoisotopic (exact) mass is 820 g/mol. The minimum absolute atomic E-state index is 1.10. The molecular formula is C60H40N2S. The molecule has 296 valence electrons. The highest BCUT2D eigenvalue weighted by molar-refractivity contribution is 7.25. The van der Waals surface area contributed by atoms with Crippen molar-refractivity contribution < 1.29 is 0 Å². The van der Waals surface area contributed by atoms with Gasteiger partial charge in [0.1, 0.15) is 0 Å². The molecule has 12 aromatic rings. The van der Waals surface area contributed by atoms with Gasteiger partial charge in [0.05, 0.1) is 22.4 Å². The molecule has 12 rings (SSSR count). The molecule has 0 aliphatic heterocycles. The summed E-state index contributed by atoms with van der Waals surface area (Å²) < 4.78 is 5.06. The summed E-state index contributed by atoms with van der Waals surface area (Å²) in [4.78, 5) is 2.53. The molecule has 0 aliphatic rings. The van der Waals surface area contributed by atoms with E-state index in [1.165, 1.54) is 69.8 Å². The highest BCUT2D eigenvalue weighted by Crippen LogP contribution is 2.50. The number of hydrogen-bond donors (Lipinski definition) is 0. The van der Waals surface area contributed by atoms with Crippen LogP contribution < -0.4 is 4.90 Å². The molecule has 0 saturated heterocycles. The van der Waals surface area contributed by atoms with E-state index in [9.17, 15) is 0 Å². The molecule has 2 nitrogen and oxygen atoms in total. The van der Waals surface area contributed by atoms with E-state index in [1.807, 2.05) is 11.3 Å². The van der Waals surface area contributed by atoms with Crippen molar-refractivity contribution in [3.8, 4) is 50.2 Å². The van der Waals surface area contributed by atoms with Gasteiger partial charge in [0.25, 0.3) is 0 Å². The van der Waals surface area contributed by atoms with E-state index in [1.54, 1.807) is 0 Å². The Morgan fingerprint density at radius 3 is 1.60 bits per heavy atom. The number of benzene rings is 10. The maximum absolute atomic E-state index is 2.53. The van der Waals surface area contributed by atoms with Gasteiger partial charge in [-0.2, -0.15) is 0 Å². The maximum Gasteiger partial charge on any atom is 0.0620 e. The Balaban J connectivity index is 1.23. The molecule has 0 N–H and O–H groups in total. The van der Waals surface area contributed by atoms with Gasteiger partial charge in [-0.3, -0.25) is 0 Å². The fraction of sp³-hybridized carbons (Fsp3) is 0. The van der Waals surface area contributed by atoms with Crippen LogP contribution >= 0.6 is 11.3 Å². The van der Waals surface area contributed by atoms with Crippen molar-refractivity contribution in [3.63, 3.8) is 0 Å². The van der Waals surface area contributed by atoms with Gasteiger partial charge in [-0.25, -0.2) is 0 Å². The summed E-state index contributed by atoms with van der Waals surface area (Å²) in [7, 11) is 0. The fourth-order valence-corrected chi connectivity index (χ4v) is 10.6. The highest BCUT2D eigenvalue weighted by Gasteiger charge is 2.26. The minimum Gasteiger partial charge on any atom is -0.309 e. The number of rotatable bonds is 8. The van der Waals surface area contributed by atoms with Gasteiger partial charge in [0, 0.05) is 53.4 Å².